The fourth-order valence-electron chi connectivity index (χ4n) is 7.61. The second kappa shape index (κ2) is 10.2. The number of piperidine rings is 1. The highest BCUT2D eigenvalue weighted by atomic mass is 19.1. The highest BCUT2D eigenvalue weighted by molar-refractivity contribution is 6.03. The van der Waals surface area contributed by atoms with E-state index in [0.717, 1.165) is 19.4 Å². The Labute approximate surface area is 251 Å². The van der Waals surface area contributed by atoms with Gasteiger partial charge in [0.25, 0.3) is 0 Å². The molecular weight excluding hydrogens is 571 g/mol. The number of anilines is 1. The van der Waals surface area contributed by atoms with E-state index in [0.29, 0.717) is 48.0 Å². The van der Waals surface area contributed by atoms with Crippen molar-refractivity contribution in [1.29, 1.82) is 0 Å². The standard InChI is InChI=1S/C33H30F3N5O3/c1-2-22-24(35)10-7-18-5-3-6-23(25(18)22)28-27(36)29-26-30(41-15-21(42)9-8-20(41)16-43-31(26)37-28)39-32(38-29)44-17-33-11-4-12-40(33)14-19(34)13-33/h1,3,5-7,10,19-21,42H,4,8-9,11-17H2/t19-,20+,21+,33+/m1/s1. The van der Waals surface area contributed by atoms with Crippen LogP contribution in [0, 0.1) is 24.0 Å². The molecule has 2 aromatic heterocycles. The van der Waals surface area contributed by atoms with Crippen molar-refractivity contribution < 1.29 is 27.8 Å². The Bertz CT molecular complexity index is 1870. The van der Waals surface area contributed by atoms with Gasteiger partial charge in [0.1, 0.15) is 47.6 Å². The lowest BCUT2D eigenvalue weighted by atomic mass is 9.95. The number of fused-ring (bicyclic) bond motifs is 4. The number of nitrogens with zero attached hydrogens (tertiary/aromatic N) is 5. The molecule has 44 heavy (non-hydrogen) atoms. The molecule has 0 radical (unpaired) electrons. The first kappa shape index (κ1) is 27.4. The molecule has 3 saturated heterocycles. The first-order chi connectivity index (χ1) is 21.3. The SMILES string of the molecule is C#Cc1c(F)ccc2cccc(-c3nc4c5c(nc(OC[C@@]67CCCN6C[C@H](F)C7)nc5c3F)N3C[C@@H](O)CC[C@H]3CO4)c12. The first-order valence-electron chi connectivity index (χ1n) is 15.0. The molecule has 0 bridgehead atoms. The van der Waals surface area contributed by atoms with E-state index in [1.54, 1.807) is 24.3 Å². The fourth-order valence-corrected chi connectivity index (χ4v) is 7.61. The Morgan fingerprint density at radius 1 is 1.11 bits per heavy atom. The summed E-state index contributed by atoms with van der Waals surface area (Å²) < 4.78 is 58.5. The number of alkyl halides is 1. The molecule has 226 valence electrons. The van der Waals surface area contributed by atoms with Gasteiger partial charge in [0, 0.05) is 30.5 Å². The maximum atomic E-state index is 16.8. The third kappa shape index (κ3) is 4.19. The summed E-state index contributed by atoms with van der Waals surface area (Å²) in [6, 6.07) is 7.83. The lowest BCUT2D eigenvalue weighted by Gasteiger charge is -2.37. The first-order valence-corrected chi connectivity index (χ1v) is 15.0. The zero-order valence-corrected chi connectivity index (χ0v) is 23.9. The Hall–Kier alpha value is -4.14. The monoisotopic (exact) mass is 601 g/mol. The average molecular weight is 602 g/mol. The smallest absolute Gasteiger partial charge is 0.319 e. The van der Waals surface area contributed by atoms with Crippen LogP contribution >= 0.6 is 0 Å². The van der Waals surface area contributed by atoms with Crippen molar-refractivity contribution in [2.45, 2.75) is 56.0 Å². The summed E-state index contributed by atoms with van der Waals surface area (Å²) in [7, 11) is 0. The van der Waals surface area contributed by atoms with Crippen LogP contribution in [0.4, 0.5) is 19.0 Å². The predicted octanol–water partition coefficient (Wildman–Crippen LogP) is 4.78. The molecular formula is C33H30F3N5O3. The van der Waals surface area contributed by atoms with Crippen LogP contribution in [0.15, 0.2) is 30.3 Å². The number of ether oxygens (including phenoxy) is 2. The number of terminal acetylenes is 1. The molecule has 0 saturated carbocycles. The topological polar surface area (TPSA) is 83.8 Å². The van der Waals surface area contributed by atoms with Crippen LogP contribution in [0.3, 0.4) is 0 Å². The zero-order chi connectivity index (χ0) is 30.2. The second-order valence-electron chi connectivity index (χ2n) is 12.3. The van der Waals surface area contributed by atoms with Crippen LogP contribution in [0.2, 0.25) is 0 Å². The van der Waals surface area contributed by atoms with Crippen LogP contribution in [0.1, 0.15) is 37.7 Å². The molecule has 8 rings (SSSR count). The van der Waals surface area contributed by atoms with Crippen LogP contribution in [-0.4, -0.2) is 81.7 Å². The maximum Gasteiger partial charge on any atom is 0.319 e. The summed E-state index contributed by atoms with van der Waals surface area (Å²) in [5.41, 5.74) is -0.309. The normalized spacial score (nSPS) is 26.2. The number of aliphatic hydroxyl groups is 1. The van der Waals surface area contributed by atoms with Gasteiger partial charge in [0.15, 0.2) is 5.82 Å². The molecule has 4 aliphatic rings. The van der Waals surface area contributed by atoms with E-state index in [1.165, 1.54) is 6.07 Å². The van der Waals surface area contributed by atoms with Crippen LogP contribution in [0.5, 0.6) is 11.9 Å². The van der Waals surface area contributed by atoms with Gasteiger partial charge >= 0.3 is 6.01 Å². The molecule has 3 fully saturated rings. The van der Waals surface area contributed by atoms with Crippen molar-refractivity contribution in [3.63, 3.8) is 0 Å². The largest absolute Gasteiger partial charge is 0.475 e. The zero-order valence-electron chi connectivity index (χ0n) is 23.9. The van der Waals surface area contributed by atoms with Crippen molar-refractivity contribution in [3.05, 3.63) is 47.5 Å². The van der Waals surface area contributed by atoms with Crippen molar-refractivity contribution >= 4 is 27.5 Å². The number of benzene rings is 2. The Morgan fingerprint density at radius 2 is 2.00 bits per heavy atom. The second-order valence-corrected chi connectivity index (χ2v) is 12.3. The third-order valence-electron chi connectivity index (χ3n) is 9.70. The van der Waals surface area contributed by atoms with Gasteiger partial charge in [-0.05, 0) is 43.7 Å². The van der Waals surface area contributed by atoms with E-state index in [1.807, 2.05) is 4.90 Å². The summed E-state index contributed by atoms with van der Waals surface area (Å²) in [4.78, 5) is 18.0. The van der Waals surface area contributed by atoms with Gasteiger partial charge in [-0.2, -0.15) is 9.97 Å². The van der Waals surface area contributed by atoms with Gasteiger partial charge in [-0.3, -0.25) is 4.90 Å². The number of hydrogen-bond acceptors (Lipinski definition) is 8. The third-order valence-corrected chi connectivity index (χ3v) is 9.70. The van der Waals surface area contributed by atoms with Crippen molar-refractivity contribution in [3.8, 4) is 35.5 Å². The van der Waals surface area contributed by atoms with Gasteiger partial charge in [-0.1, -0.05) is 30.2 Å². The minimum absolute atomic E-state index is 0.00723. The molecule has 0 aliphatic carbocycles. The van der Waals surface area contributed by atoms with Gasteiger partial charge in [-0.25, -0.2) is 18.2 Å². The van der Waals surface area contributed by atoms with Crippen LogP contribution < -0.4 is 14.4 Å². The molecule has 0 unspecified atom stereocenters. The highest BCUT2D eigenvalue weighted by Gasteiger charge is 2.49. The number of halogens is 3. The van der Waals surface area contributed by atoms with Gasteiger partial charge in [0.2, 0.25) is 5.88 Å². The van der Waals surface area contributed by atoms with Gasteiger partial charge in [0.05, 0.1) is 23.2 Å². The van der Waals surface area contributed by atoms with E-state index in [9.17, 15) is 13.9 Å². The highest BCUT2D eigenvalue weighted by Crippen LogP contribution is 2.44. The molecule has 4 aliphatic heterocycles. The fraction of sp³-hybridized carbons (Fsp3) is 0.424. The van der Waals surface area contributed by atoms with E-state index < -0.39 is 29.4 Å². The molecule has 4 aromatic rings. The van der Waals surface area contributed by atoms with Crippen molar-refractivity contribution in [2.24, 2.45) is 0 Å². The number of hydrogen-bond donors (Lipinski definition) is 1. The summed E-state index contributed by atoms with van der Waals surface area (Å²) in [5, 5.41) is 11.8. The van der Waals surface area contributed by atoms with Crippen LogP contribution in [-0.2, 0) is 0 Å². The molecule has 11 heteroatoms. The van der Waals surface area contributed by atoms with Gasteiger partial charge < -0.3 is 19.5 Å². The lowest BCUT2D eigenvalue weighted by Crippen LogP contribution is -2.48. The lowest BCUT2D eigenvalue weighted by molar-refractivity contribution is 0.107. The number of aromatic nitrogens is 3. The minimum atomic E-state index is -0.930. The summed E-state index contributed by atoms with van der Waals surface area (Å²) in [6.07, 6.45) is 7.51. The summed E-state index contributed by atoms with van der Waals surface area (Å²) in [6.45, 7) is 1.86. The minimum Gasteiger partial charge on any atom is -0.475 e. The summed E-state index contributed by atoms with van der Waals surface area (Å²) >= 11 is 0. The number of aliphatic hydroxyl groups excluding tert-OH is 1. The Morgan fingerprint density at radius 3 is 2.86 bits per heavy atom. The molecule has 0 amide bonds. The quantitative estimate of drug-likeness (QED) is 0.335. The van der Waals surface area contributed by atoms with E-state index in [2.05, 4.69) is 20.8 Å². The molecule has 8 nitrogen and oxygen atoms in total. The number of rotatable bonds is 4. The van der Waals surface area contributed by atoms with Crippen molar-refractivity contribution in [2.75, 3.05) is 37.7 Å². The number of pyridine rings is 1. The Kier molecular flexibility index (Phi) is 6.36. The average Bonchev–Trinajstić information content (AvgIpc) is 3.50. The van der Waals surface area contributed by atoms with E-state index in [4.69, 9.17) is 20.9 Å². The summed E-state index contributed by atoms with van der Waals surface area (Å²) in [5.74, 6) is 1.55. The molecule has 2 aromatic carbocycles. The Balaban J connectivity index is 1.32. The van der Waals surface area contributed by atoms with Crippen molar-refractivity contribution in [1.82, 2.24) is 19.9 Å². The van der Waals surface area contributed by atoms with Crippen LogP contribution in [0.25, 0.3) is 32.9 Å². The molecule has 0 spiro atoms. The van der Waals surface area contributed by atoms with E-state index in [-0.39, 0.29) is 59.9 Å². The van der Waals surface area contributed by atoms with E-state index >= 15 is 4.39 Å². The molecule has 1 N–H and O–H groups in total. The molecule has 4 atom stereocenters. The maximum absolute atomic E-state index is 16.8. The predicted molar refractivity (Wildman–Crippen MR) is 159 cm³/mol. The molecule has 6 heterocycles. The van der Waals surface area contributed by atoms with Gasteiger partial charge in [-0.15, -0.1) is 6.42 Å².